The molecule has 0 aromatic carbocycles. The lowest BCUT2D eigenvalue weighted by Gasteiger charge is -2.25. The average molecular weight is 582 g/mol. The number of amides is 2. The molecule has 0 aromatic rings. The van der Waals surface area contributed by atoms with Crippen molar-refractivity contribution in [3.8, 4) is 0 Å². The summed E-state index contributed by atoms with van der Waals surface area (Å²) in [5, 5.41) is 12.2. The van der Waals surface area contributed by atoms with E-state index in [9.17, 15) is 19.2 Å². The fourth-order valence-electron chi connectivity index (χ4n) is 2.78. The van der Waals surface area contributed by atoms with Crippen LogP contribution in [0.4, 0.5) is 0 Å². The van der Waals surface area contributed by atoms with Crippen molar-refractivity contribution in [2.24, 2.45) is 5.41 Å². The van der Waals surface area contributed by atoms with Crippen LogP contribution in [0.2, 0.25) is 0 Å². The smallest absolute Gasteiger partial charge is 0.323 e. The Morgan fingerprint density at radius 2 is 1.84 bits per heavy atom. The molecule has 1 saturated heterocycles. The monoisotopic (exact) mass is 581 g/mol. The van der Waals surface area contributed by atoms with Crippen LogP contribution in [-0.4, -0.2) is 91.0 Å². The van der Waals surface area contributed by atoms with Crippen molar-refractivity contribution in [2.75, 3.05) is 33.1 Å². The van der Waals surface area contributed by atoms with E-state index >= 15 is 0 Å². The van der Waals surface area contributed by atoms with Gasteiger partial charge >= 0.3 is 5.97 Å². The van der Waals surface area contributed by atoms with Gasteiger partial charge in [0.25, 0.3) is 14.4 Å². The number of thioether (sulfide) groups is 1. The number of carbonyl (C=O) groups is 4. The van der Waals surface area contributed by atoms with Crippen LogP contribution in [0, 0.1) is 5.41 Å². The van der Waals surface area contributed by atoms with Crippen molar-refractivity contribution < 1.29 is 42.8 Å². The van der Waals surface area contributed by atoms with E-state index in [-0.39, 0.29) is 36.8 Å². The van der Waals surface area contributed by atoms with Crippen molar-refractivity contribution in [2.45, 2.75) is 78.9 Å². The van der Waals surface area contributed by atoms with Crippen LogP contribution in [0.5, 0.6) is 0 Å². The van der Waals surface area contributed by atoms with Gasteiger partial charge in [-0.25, -0.2) is 5.09 Å². The van der Waals surface area contributed by atoms with Gasteiger partial charge in [-0.1, -0.05) is 32.5 Å². The first-order chi connectivity index (χ1) is 17.8. The molecular weight excluding hydrogens is 537 g/mol. The third kappa shape index (κ3) is 15.7. The lowest BCUT2D eigenvalue weighted by Crippen LogP contribution is -2.35. The zero-order chi connectivity index (χ0) is 29.3. The molecule has 2 amide bonds. The Morgan fingerprint density at radius 1 is 1.18 bits per heavy atom. The summed E-state index contributed by atoms with van der Waals surface area (Å²) in [4.78, 5) is 47.8. The summed E-state index contributed by atoms with van der Waals surface area (Å²) in [6, 6.07) is -0.645. The van der Waals surface area contributed by atoms with Crippen LogP contribution in [0.15, 0.2) is 12.3 Å². The molecule has 38 heavy (non-hydrogen) atoms. The Balaban J connectivity index is 0.00000667. The minimum Gasteiger partial charge on any atom is -0.462 e. The van der Waals surface area contributed by atoms with Crippen molar-refractivity contribution in [3.05, 3.63) is 12.3 Å². The lowest BCUT2D eigenvalue weighted by molar-refractivity contribution is -0.149. The highest BCUT2D eigenvalue weighted by Gasteiger charge is 2.30. The Bertz CT molecular complexity index is 765. The highest BCUT2D eigenvalue weighted by atomic mass is 32.2. The van der Waals surface area contributed by atoms with E-state index in [0.29, 0.717) is 12.2 Å². The standard InChI is InChI=1S/C23H40N3O8PS.CH4O/c1-16(2)33-21(29)17(3)25-35(31-12-13-36-22(30)23(4,5)6)32-14-18-8-9-20(34-18)26(7)11-10-19(28)24-15-27;1-2/h10-11,15-18,20,25H,8-9,12-14H2,1-7H3,(H,24,27,28);2H,1H3/b11-10-;. The molecule has 0 spiro atoms. The number of hydrogen-bond donors (Lipinski definition) is 3. The fourth-order valence-corrected chi connectivity index (χ4v) is 4.89. The molecule has 1 aliphatic heterocycles. The van der Waals surface area contributed by atoms with Gasteiger partial charge in [-0.2, -0.15) is 0 Å². The second kappa shape index (κ2) is 19.5. The number of hydrogen-bond acceptors (Lipinski definition) is 12. The summed E-state index contributed by atoms with van der Waals surface area (Å²) in [5.74, 6) is -0.469. The molecule has 0 aliphatic carbocycles. The molecule has 0 saturated carbocycles. The Kier molecular flexibility index (Phi) is 18.6. The molecule has 1 heterocycles. The summed E-state index contributed by atoms with van der Waals surface area (Å²) in [5.41, 5.74) is -0.434. The number of rotatable bonds is 15. The van der Waals surface area contributed by atoms with Gasteiger partial charge in [-0.05, 0) is 33.6 Å². The van der Waals surface area contributed by atoms with E-state index in [1.807, 2.05) is 26.1 Å². The van der Waals surface area contributed by atoms with E-state index in [1.165, 1.54) is 17.8 Å². The molecule has 1 rings (SSSR count). The molecule has 4 unspecified atom stereocenters. The zero-order valence-electron chi connectivity index (χ0n) is 23.6. The predicted octanol–water partition coefficient (Wildman–Crippen LogP) is 2.31. The van der Waals surface area contributed by atoms with Crippen LogP contribution in [0.25, 0.3) is 0 Å². The first kappa shape index (κ1) is 36.4. The maximum Gasteiger partial charge on any atom is 0.323 e. The molecule has 14 heteroatoms. The number of aliphatic hydroxyl groups is 1. The predicted molar refractivity (Wildman–Crippen MR) is 147 cm³/mol. The molecular formula is C24H44N3O9PS. The molecule has 0 radical (unpaired) electrons. The van der Waals surface area contributed by atoms with Gasteiger partial charge in [0, 0.05) is 37.6 Å². The molecule has 0 aromatic heterocycles. The summed E-state index contributed by atoms with van der Waals surface area (Å²) >= 11 is 1.20. The van der Waals surface area contributed by atoms with Gasteiger partial charge in [0.1, 0.15) is 12.3 Å². The minimum absolute atomic E-state index is 0.0744. The number of nitrogens with zero attached hydrogens (tertiary/aromatic N) is 1. The molecule has 3 N–H and O–H groups in total. The SMILES string of the molecule is CC(C)OC(=O)C(C)NP(OCCSC(=O)C(C)(C)C)OCC1CCC(N(C)/C=C\C(=O)NC=O)O1.CO. The minimum atomic E-state index is -1.65. The quantitative estimate of drug-likeness (QED) is 0.0855. The summed E-state index contributed by atoms with van der Waals surface area (Å²) in [6.07, 6.45) is 3.87. The third-order valence-electron chi connectivity index (χ3n) is 4.72. The van der Waals surface area contributed by atoms with Crippen molar-refractivity contribution in [1.29, 1.82) is 0 Å². The summed E-state index contributed by atoms with van der Waals surface area (Å²) in [6.45, 7) is 11.3. The molecule has 12 nitrogen and oxygen atoms in total. The molecule has 4 atom stereocenters. The Labute approximate surface area is 231 Å². The molecule has 1 aliphatic rings. The normalized spacial score (nSPS) is 18.9. The van der Waals surface area contributed by atoms with Gasteiger partial charge in [0.15, 0.2) is 5.12 Å². The largest absolute Gasteiger partial charge is 0.462 e. The van der Waals surface area contributed by atoms with Crippen molar-refractivity contribution in [3.63, 3.8) is 0 Å². The van der Waals surface area contributed by atoms with Crippen LogP contribution < -0.4 is 10.4 Å². The van der Waals surface area contributed by atoms with Crippen LogP contribution in [-0.2, 0) is 37.7 Å². The van der Waals surface area contributed by atoms with E-state index in [0.717, 1.165) is 20.0 Å². The summed E-state index contributed by atoms with van der Waals surface area (Å²) < 4.78 is 23.0. The number of nitrogens with one attached hydrogen (secondary N) is 2. The van der Waals surface area contributed by atoms with Gasteiger partial charge in [-0.15, -0.1) is 0 Å². The second-order valence-electron chi connectivity index (χ2n) is 9.51. The fraction of sp³-hybridized carbons (Fsp3) is 0.750. The summed E-state index contributed by atoms with van der Waals surface area (Å²) in [7, 11) is 1.12. The Morgan fingerprint density at radius 3 is 2.42 bits per heavy atom. The zero-order valence-corrected chi connectivity index (χ0v) is 25.3. The molecule has 220 valence electrons. The number of imide groups is 1. The van der Waals surface area contributed by atoms with E-state index in [4.69, 9.17) is 23.6 Å². The first-order valence-electron chi connectivity index (χ1n) is 12.3. The Hall–Kier alpha value is -1.60. The molecule has 1 fully saturated rings. The number of carbonyl (C=O) groups excluding carboxylic acids is 4. The van der Waals surface area contributed by atoms with E-state index in [1.54, 1.807) is 38.9 Å². The number of ether oxygens (including phenoxy) is 2. The second-order valence-corrected chi connectivity index (χ2v) is 11.9. The van der Waals surface area contributed by atoms with Gasteiger partial charge in [0.05, 0.1) is 25.4 Å². The first-order valence-corrected chi connectivity index (χ1v) is 14.4. The highest BCUT2D eigenvalue weighted by molar-refractivity contribution is 8.13. The highest BCUT2D eigenvalue weighted by Crippen LogP contribution is 2.36. The van der Waals surface area contributed by atoms with Crippen LogP contribution in [0.1, 0.15) is 54.4 Å². The van der Waals surface area contributed by atoms with Crippen LogP contribution in [0.3, 0.4) is 0 Å². The maximum atomic E-state index is 12.2. The maximum absolute atomic E-state index is 12.2. The van der Waals surface area contributed by atoms with Gasteiger partial charge in [-0.3, -0.25) is 24.5 Å². The van der Waals surface area contributed by atoms with Crippen molar-refractivity contribution >= 4 is 43.7 Å². The van der Waals surface area contributed by atoms with Crippen LogP contribution >= 0.6 is 20.3 Å². The van der Waals surface area contributed by atoms with Crippen molar-refractivity contribution in [1.82, 2.24) is 15.3 Å². The number of esters is 1. The number of aliphatic hydroxyl groups excluding tert-OH is 1. The van der Waals surface area contributed by atoms with E-state index < -0.39 is 31.9 Å². The third-order valence-corrected chi connectivity index (χ3v) is 7.37. The molecule has 0 bridgehead atoms. The topological polar surface area (TPSA) is 153 Å². The lowest BCUT2D eigenvalue weighted by atomic mass is 10.00. The van der Waals surface area contributed by atoms with Gasteiger partial charge in [0.2, 0.25) is 6.41 Å². The van der Waals surface area contributed by atoms with Gasteiger partial charge < -0.3 is 28.5 Å². The van der Waals surface area contributed by atoms with E-state index in [2.05, 4.69) is 5.09 Å². The average Bonchev–Trinajstić information content (AvgIpc) is 3.32.